The van der Waals surface area contributed by atoms with Gasteiger partial charge < -0.3 is 29.7 Å². The van der Waals surface area contributed by atoms with Crippen molar-refractivity contribution in [3.8, 4) is 28.5 Å². The number of likely N-dealkylation sites (N-methyl/N-ethyl adjacent to an activating group) is 2. The SMILES string of the molecule is COc1ccc(C(=O)N(C)C2CCN(C)C2)c(OC(=O)C(F)(F)F)c1Nc1cncc(-c2ccc(O)cc2)n1. The van der Waals surface area contributed by atoms with Crippen LogP contribution in [0.25, 0.3) is 11.3 Å². The van der Waals surface area contributed by atoms with E-state index in [2.05, 4.69) is 15.3 Å². The Morgan fingerprint density at radius 2 is 1.87 bits per heavy atom. The molecule has 0 spiro atoms. The summed E-state index contributed by atoms with van der Waals surface area (Å²) >= 11 is 0. The minimum Gasteiger partial charge on any atom is -0.508 e. The van der Waals surface area contributed by atoms with Gasteiger partial charge >= 0.3 is 12.1 Å². The fraction of sp³-hybridized carbons (Fsp3) is 0.308. The van der Waals surface area contributed by atoms with E-state index >= 15 is 0 Å². The number of aromatic hydroxyl groups is 1. The second-order valence-electron chi connectivity index (χ2n) is 8.99. The molecule has 2 N–H and O–H groups in total. The molecule has 1 aliphatic rings. The number of hydrogen-bond acceptors (Lipinski definition) is 9. The summed E-state index contributed by atoms with van der Waals surface area (Å²) in [4.78, 5) is 37.4. The number of nitrogens with one attached hydrogen (secondary N) is 1. The fourth-order valence-electron chi connectivity index (χ4n) is 4.19. The molecule has 0 aliphatic carbocycles. The highest BCUT2D eigenvalue weighted by Gasteiger charge is 2.43. The number of esters is 1. The maximum Gasteiger partial charge on any atom is 0.491 e. The number of alkyl halides is 3. The number of benzene rings is 2. The summed E-state index contributed by atoms with van der Waals surface area (Å²) in [5, 5.41) is 12.4. The zero-order valence-corrected chi connectivity index (χ0v) is 21.3. The lowest BCUT2D eigenvalue weighted by Gasteiger charge is -2.26. The predicted molar refractivity (Wildman–Crippen MR) is 135 cm³/mol. The molecule has 0 bridgehead atoms. The lowest BCUT2D eigenvalue weighted by atomic mass is 10.1. The number of ether oxygens (including phenoxy) is 2. The van der Waals surface area contributed by atoms with Gasteiger partial charge in [-0.3, -0.25) is 9.78 Å². The number of rotatable bonds is 7. The Labute approximate surface area is 222 Å². The standard InChI is InChI=1S/C26H26F3N5O5/c1-33-11-10-16(14-33)34(2)24(36)18-8-9-20(38-3)22(23(18)39-25(37)26(27,28)29)32-21-13-30-12-19(31-21)15-4-6-17(35)7-5-15/h4-9,12-13,16,35H,10-11,14H2,1-3H3,(H,31,32). The van der Waals surface area contributed by atoms with Gasteiger partial charge in [-0.15, -0.1) is 0 Å². The topological polar surface area (TPSA) is 117 Å². The molecule has 1 aromatic heterocycles. The first kappa shape index (κ1) is 27.6. The predicted octanol–water partition coefficient (Wildman–Crippen LogP) is 3.85. The van der Waals surface area contributed by atoms with Crippen LogP contribution in [0.1, 0.15) is 16.8 Å². The van der Waals surface area contributed by atoms with E-state index in [4.69, 9.17) is 9.47 Å². The number of aromatic nitrogens is 2. The van der Waals surface area contributed by atoms with Crippen molar-refractivity contribution < 1.29 is 37.3 Å². The van der Waals surface area contributed by atoms with E-state index < -0.39 is 23.8 Å². The highest BCUT2D eigenvalue weighted by molar-refractivity contribution is 6.01. The maximum atomic E-state index is 13.5. The quantitative estimate of drug-likeness (QED) is 0.337. The molecular formula is C26H26F3N5O5. The van der Waals surface area contributed by atoms with Crippen molar-refractivity contribution in [1.29, 1.82) is 0 Å². The first-order valence-corrected chi connectivity index (χ1v) is 11.8. The van der Waals surface area contributed by atoms with Gasteiger partial charge in [0, 0.05) is 25.2 Å². The van der Waals surface area contributed by atoms with E-state index in [0.29, 0.717) is 24.2 Å². The van der Waals surface area contributed by atoms with Crippen molar-refractivity contribution in [3.63, 3.8) is 0 Å². The largest absolute Gasteiger partial charge is 0.508 e. The summed E-state index contributed by atoms with van der Waals surface area (Å²) in [7, 11) is 4.72. The molecule has 1 unspecified atom stereocenters. The summed E-state index contributed by atoms with van der Waals surface area (Å²) in [5.41, 5.74) is 0.502. The molecule has 10 nitrogen and oxygen atoms in total. The van der Waals surface area contributed by atoms with E-state index in [1.165, 1.54) is 48.7 Å². The number of carbonyl (C=O) groups is 2. The Kier molecular flexibility index (Phi) is 7.90. The zero-order chi connectivity index (χ0) is 28.3. The van der Waals surface area contributed by atoms with Gasteiger partial charge in [0.15, 0.2) is 5.75 Å². The van der Waals surface area contributed by atoms with E-state index in [1.54, 1.807) is 19.2 Å². The van der Waals surface area contributed by atoms with Crippen LogP contribution < -0.4 is 14.8 Å². The second kappa shape index (κ2) is 11.2. The van der Waals surface area contributed by atoms with Gasteiger partial charge in [0.25, 0.3) is 5.91 Å². The molecule has 2 heterocycles. The Morgan fingerprint density at radius 1 is 1.15 bits per heavy atom. The van der Waals surface area contributed by atoms with Crippen LogP contribution >= 0.6 is 0 Å². The first-order chi connectivity index (χ1) is 18.5. The molecule has 39 heavy (non-hydrogen) atoms. The van der Waals surface area contributed by atoms with Crippen molar-refractivity contribution >= 4 is 23.4 Å². The number of phenols is 1. The summed E-state index contributed by atoms with van der Waals surface area (Å²) in [5.74, 6) is -3.67. The normalized spacial score (nSPS) is 15.6. The molecule has 0 radical (unpaired) electrons. The number of halogens is 3. The first-order valence-electron chi connectivity index (χ1n) is 11.8. The van der Waals surface area contributed by atoms with Gasteiger partial charge in [0.1, 0.15) is 23.0 Å². The van der Waals surface area contributed by atoms with Crippen LogP contribution in [0, 0.1) is 0 Å². The van der Waals surface area contributed by atoms with Crippen molar-refractivity contribution in [2.24, 2.45) is 0 Å². The monoisotopic (exact) mass is 545 g/mol. The number of anilines is 2. The average molecular weight is 546 g/mol. The van der Waals surface area contributed by atoms with E-state index in [9.17, 15) is 27.9 Å². The third-order valence-corrected chi connectivity index (χ3v) is 6.28. The molecule has 3 aromatic rings. The number of nitrogens with zero attached hydrogens (tertiary/aromatic N) is 4. The number of methoxy groups -OCH3 is 1. The van der Waals surface area contributed by atoms with Crippen LogP contribution in [-0.4, -0.2) is 83.3 Å². The van der Waals surface area contributed by atoms with Crippen molar-refractivity contribution in [3.05, 3.63) is 54.4 Å². The van der Waals surface area contributed by atoms with E-state index in [-0.39, 0.29) is 34.6 Å². The molecule has 206 valence electrons. The van der Waals surface area contributed by atoms with Crippen LogP contribution in [0.2, 0.25) is 0 Å². The third kappa shape index (κ3) is 6.20. The minimum atomic E-state index is -5.32. The highest BCUT2D eigenvalue weighted by atomic mass is 19.4. The van der Waals surface area contributed by atoms with E-state index in [1.807, 2.05) is 11.9 Å². The van der Waals surface area contributed by atoms with Crippen LogP contribution in [0.4, 0.5) is 24.7 Å². The Morgan fingerprint density at radius 3 is 2.49 bits per heavy atom. The lowest BCUT2D eigenvalue weighted by molar-refractivity contribution is -0.189. The second-order valence-corrected chi connectivity index (χ2v) is 8.99. The molecule has 1 aliphatic heterocycles. The summed E-state index contributed by atoms with van der Waals surface area (Å²) in [6.07, 6.45) is -1.89. The van der Waals surface area contributed by atoms with Gasteiger partial charge in [-0.2, -0.15) is 13.2 Å². The Balaban J connectivity index is 1.77. The number of hydrogen-bond donors (Lipinski definition) is 2. The fourth-order valence-corrected chi connectivity index (χ4v) is 4.19. The molecule has 1 saturated heterocycles. The number of likely N-dealkylation sites (tertiary alicyclic amines) is 1. The van der Waals surface area contributed by atoms with Gasteiger partial charge in [0.2, 0.25) is 0 Å². The van der Waals surface area contributed by atoms with Crippen molar-refractivity contribution in [2.75, 3.05) is 39.6 Å². The molecule has 0 saturated carbocycles. The van der Waals surface area contributed by atoms with Crippen molar-refractivity contribution in [1.82, 2.24) is 19.8 Å². The number of phenolic OH excluding ortho intramolecular Hbond substituents is 1. The number of amides is 1. The zero-order valence-electron chi connectivity index (χ0n) is 21.3. The molecular weight excluding hydrogens is 519 g/mol. The summed E-state index contributed by atoms with van der Waals surface area (Å²) in [6, 6.07) is 8.59. The molecule has 1 fully saturated rings. The molecule has 13 heteroatoms. The van der Waals surface area contributed by atoms with Gasteiger partial charge in [0.05, 0.1) is 30.8 Å². The summed E-state index contributed by atoms with van der Waals surface area (Å²) < 4.78 is 49.9. The van der Waals surface area contributed by atoms with Crippen molar-refractivity contribution in [2.45, 2.75) is 18.6 Å². The minimum absolute atomic E-state index is 0.00314. The maximum absolute atomic E-state index is 13.5. The van der Waals surface area contributed by atoms with Crippen LogP contribution in [0.15, 0.2) is 48.8 Å². The van der Waals surface area contributed by atoms with Crippen LogP contribution in [0.5, 0.6) is 17.2 Å². The van der Waals surface area contributed by atoms with Gasteiger partial charge in [-0.05, 0) is 56.4 Å². The summed E-state index contributed by atoms with van der Waals surface area (Å²) in [6.45, 7) is 1.34. The molecule has 1 amide bonds. The Bertz CT molecular complexity index is 1370. The highest BCUT2D eigenvalue weighted by Crippen LogP contribution is 2.41. The van der Waals surface area contributed by atoms with Crippen LogP contribution in [-0.2, 0) is 4.79 Å². The van der Waals surface area contributed by atoms with Gasteiger partial charge in [-0.1, -0.05) is 0 Å². The number of carbonyl (C=O) groups excluding carboxylic acids is 2. The van der Waals surface area contributed by atoms with Crippen LogP contribution in [0.3, 0.4) is 0 Å². The smallest absolute Gasteiger partial charge is 0.491 e. The lowest BCUT2D eigenvalue weighted by Crippen LogP contribution is -2.39. The van der Waals surface area contributed by atoms with E-state index in [0.717, 1.165) is 6.54 Å². The third-order valence-electron chi connectivity index (χ3n) is 6.28. The average Bonchev–Trinajstić information content (AvgIpc) is 3.34. The van der Waals surface area contributed by atoms with Gasteiger partial charge in [-0.25, -0.2) is 9.78 Å². The molecule has 1 atom stereocenters. The molecule has 2 aromatic carbocycles. The molecule has 4 rings (SSSR count). The Hall–Kier alpha value is -4.39.